The van der Waals surface area contributed by atoms with E-state index in [1.165, 1.54) is 0 Å². The van der Waals surface area contributed by atoms with Crippen LogP contribution in [0.1, 0.15) is 6.42 Å². The zero-order chi connectivity index (χ0) is 8.39. The van der Waals surface area contributed by atoms with Crippen LogP contribution in [0.4, 0.5) is 5.95 Å². The molecule has 2 heterocycles. The lowest BCUT2D eigenvalue weighted by Gasteiger charge is -2.10. The molecule has 1 aliphatic rings. The van der Waals surface area contributed by atoms with E-state index in [4.69, 9.17) is 4.74 Å². The highest BCUT2D eigenvalue weighted by Crippen LogP contribution is 2.10. The summed E-state index contributed by atoms with van der Waals surface area (Å²) in [5.41, 5.74) is 0. The molecule has 4 heteroatoms. The molecule has 1 saturated heterocycles. The number of hydrogen-bond acceptors (Lipinski definition) is 3. The summed E-state index contributed by atoms with van der Waals surface area (Å²) in [5.74, 6) is 0.922. The third-order valence-corrected chi connectivity index (χ3v) is 2.08. The molecule has 0 amide bonds. The Morgan fingerprint density at radius 2 is 2.67 bits per heavy atom. The Hall–Kier alpha value is -1.03. The maximum Gasteiger partial charge on any atom is 0.202 e. The Morgan fingerprint density at radius 3 is 3.25 bits per heavy atom. The van der Waals surface area contributed by atoms with Crippen LogP contribution in [0.15, 0.2) is 12.4 Å². The summed E-state index contributed by atoms with van der Waals surface area (Å²) in [5, 5.41) is 3.32. The van der Waals surface area contributed by atoms with E-state index in [2.05, 4.69) is 10.3 Å². The molecule has 12 heavy (non-hydrogen) atoms. The van der Waals surface area contributed by atoms with Gasteiger partial charge in [0.25, 0.3) is 0 Å². The zero-order valence-electron chi connectivity index (χ0n) is 7.16. The summed E-state index contributed by atoms with van der Waals surface area (Å²) in [6.07, 6.45) is 4.79. The van der Waals surface area contributed by atoms with Gasteiger partial charge in [-0.3, -0.25) is 0 Å². The van der Waals surface area contributed by atoms with Gasteiger partial charge >= 0.3 is 0 Å². The van der Waals surface area contributed by atoms with Crippen LogP contribution in [0.3, 0.4) is 0 Å². The van der Waals surface area contributed by atoms with Crippen molar-refractivity contribution in [2.75, 3.05) is 18.5 Å². The van der Waals surface area contributed by atoms with E-state index in [1.54, 1.807) is 6.20 Å². The second-order valence-electron chi connectivity index (χ2n) is 3.07. The van der Waals surface area contributed by atoms with Crippen molar-refractivity contribution in [3.8, 4) is 0 Å². The van der Waals surface area contributed by atoms with Crippen molar-refractivity contribution in [3.05, 3.63) is 12.4 Å². The lowest BCUT2D eigenvalue weighted by molar-refractivity contribution is 0.195. The minimum Gasteiger partial charge on any atom is -0.379 e. The summed E-state index contributed by atoms with van der Waals surface area (Å²) in [7, 11) is 1.98. The fourth-order valence-electron chi connectivity index (χ4n) is 1.34. The Kier molecular flexibility index (Phi) is 1.99. The van der Waals surface area contributed by atoms with Crippen molar-refractivity contribution in [1.29, 1.82) is 0 Å². The molecule has 0 aliphatic carbocycles. The number of aryl methyl sites for hydroxylation is 1. The first-order valence-corrected chi connectivity index (χ1v) is 4.18. The third-order valence-electron chi connectivity index (χ3n) is 2.08. The molecule has 1 fully saturated rings. The second kappa shape index (κ2) is 3.15. The molecule has 1 N–H and O–H groups in total. The maximum absolute atomic E-state index is 5.25. The molecule has 0 spiro atoms. The Labute approximate surface area is 71.6 Å². The number of nitrogens with zero attached hydrogens (tertiary/aromatic N) is 2. The number of ether oxygens (including phenoxy) is 1. The van der Waals surface area contributed by atoms with Gasteiger partial charge in [0.2, 0.25) is 5.95 Å². The number of hydrogen-bond donors (Lipinski definition) is 1. The molecule has 2 rings (SSSR count). The van der Waals surface area contributed by atoms with Gasteiger partial charge < -0.3 is 14.6 Å². The van der Waals surface area contributed by atoms with Crippen LogP contribution in [-0.4, -0.2) is 28.8 Å². The van der Waals surface area contributed by atoms with Crippen molar-refractivity contribution in [2.45, 2.75) is 12.5 Å². The van der Waals surface area contributed by atoms with Gasteiger partial charge in [0.1, 0.15) is 0 Å². The molecule has 0 bridgehead atoms. The first kappa shape index (κ1) is 7.61. The van der Waals surface area contributed by atoms with Gasteiger partial charge in [0.15, 0.2) is 0 Å². The maximum atomic E-state index is 5.25. The number of imidazole rings is 1. The first-order chi connectivity index (χ1) is 5.86. The predicted octanol–water partition coefficient (Wildman–Crippen LogP) is 0.621. The van der Waals surface area contributed by atoms with Gasteiger partial charge in [0, 0.05) is 26.0 Å². The molecule has 1 aliphatic heterocycles. The summed E-state index contributed by atoms with van der Waals surface area (Å²) >= 11 is 0. The monoisotopic (exact) mass is 167 g/mol. The molecule has 66 valence electrons. The largest absolute Gasteiger partial charge is 0.379 e. The predicted molar refractivity (Wildman–Crippen MR) is 46.1 cm³/mol. The summed E-state index contributed by atoms with van der Waals surface area (Å²) in [6, 6.07) is 0.436. The Morgan fingerprint density at radius 1 is 1.75 bits per heavy atom. The molecule has 1 atom stereocenters. The SMILES string of the molecule is Cn1ccnc1NC1CCOC1. The third kappa shape index (κ3) is 1.43. The highest BCUT2D eigenvalue weighted by Gasteiger charge is 2.16. The summed E-state index contributed by atoms with van der Waals surface area (Å²) in [4.78, 5) is 4.18. The van der Waals surface area contributed by atoms with Gasteiger partial charge in [-0.15, -0.1) is 0 Å². The van der Waals surface area contributed by atoms with E-state index in [9.17, 15) is 0 Å². The molecule has 1 unspecified atom stereocenters. The minimum absolute atomic E-state index is 0.436. The quantitative estimate of drug-likeness (QED) is 0.701. The van der Waals surface area contributed by atoms with Crippen molar-refractivity contribution < 1.29 is 4.74 Å². The molecular formula is C8H13N3O. The number of rotatable bonds is 2. The van der Waals surface area contributed by atoms with Crippen LogP contribution in [0.2, 0.25) is 0 Å². The lowest BCUT2D eigenvalue weighted by Crippen LogP contribution is -2.21. The molecule has 0 radical (unpaired) electrons. The molecule has 1 aromatic rings. The Balaban J connectivity index is 1.98. The highest BCUT2D eigenvalue weighted by molar-refractivity contribution is 5.27. The number of aromatic nitrogens is 2. The molecule has 0 aromatic carbocycles. The van der Waals surface area contributed by atoms with E-state index >= 15 is 0 Å². The topological polar surface area (TPSA) is 39.1 Å². The average molecular weight is 167 g/mol. The van der Waals surface area contributed by atoms with Crippen LogP contribution in [0.25, 0.3) is 0 Å². The molecule has 1 aromatic heterocycles. The van der Waals surface area contributed by atoms with Crippen LogP contribution >= 0.6 is 0 Å². The van der Waals surface area contributed by atoms with E-state index < -0.39 is 0 Å². The highest BCUT2D eigenvalue weighted by atomic mass is 16.5. The van der Waals surface area contributed by atoms with Crippen molar-refractivity contribution >= 4 is 5.95 Å². The fraction of sp³-hybridized carbons (Fsp3) is 0.625. The molecule has 4 nitrogen and oxygen atoms in total. The molecule has 0 saturated carbocycles. The zero-order valence-corrected chi connectivity index (χ0v) is 7.16. The minimum atomic E-state index is 0.436. The van der Waals surface area contributed by atoms with E-state index in [0.717, 1.165) is 25.6 Å². The van der Waals surface area contributed by atoms with Gasteiger partial charge in [-0.2, -0.15) is 0 Å². The van der Waals surface area contributed by atoms with Gasteiger partial charge in [0.05, 0.1) is 12.6 Å². The van der Waals surface area contributed by atoms with E-state index in [-0.39, 0.29) is 0 Å². The van der Waals surface area contributed by atoms with Gasteiger partial charge in [-0.25, -0.2) is 4.98 Å². The fourth-order valence-corrected chi connectivity index (χ4v) is 1.34. The van der Waals surface area contributed by atoms with Crippen LogP contribution < -0.4 is 5.32 Å². The van der Waals surface area contributed by atoms with Crippen molar-refractivity contribution in [1.82, 2.24) is 9.55 Å². The Bertz CT molecular complexity index is 253. The number of anilines is 1. The van der Waals surface area contributed by atoms with Gasteiger partial charge in [-0.1, -0.05) is 0 Å². The molecular weight excluding hydrogens is 154 g/mol. The average Bonchev–Trinajstić information content (AvgIpc) is 2.65. The van der Waals surface area contributed by atoms with E-state index in [1.807, 2.05) is 17.8 Å². The smallest absolute Gasteiger partial charge is 0.202 e. The van der Waals surface area contributed by atoms with Crippen LogP contribution in [0, 0.1) is 0 Å². The van der Waals surface area contributed by atoms with Crippen LogP contribution in [-0.2, 0) is 11.8 Å². The normalized spacial score (nSPS) is 22.9. The second-order valence-corrected chi connectivity index (χ2v) is 3.07. The summed E-state index contributed by atoms with van der Waals surface area (Å²) < 4.78 is 7.22. The lowest BCUT2D eigenvalue weighted by atomic mass is 10.3. The first-order valence-electron chi connectivity index (χ1n) is 4.18. The van der Waals surface area contributed by atoms with Crippen LogP contribution in [0.5, 0.6) is 0 Å². The van der Waals surface area contributed by atoms with Crippen molar-refractivity contribution in [2.24, 2.45) is 7.05 Å². The standard InChI is InChI=1S/C8H13N3O/c1-11-4-3-9-8(11)10-7-2-5-12-6-7/h3-4,7H,2,5-6H2,1H3,(H,9,10). The van der Waals surface area contributed by atoms with E-state index in [0.29, 0.717) is 6.04 Å². The van der Waals surface area contributed by atoms with Crippen molar-refractivity contribution in [3.63, 3.8) is 0 Å². The summed E-state index contributed by atoms with van der Waals surface area (Å²) in [6.45, 7) is 1.66. The van der Waals surface area contributed by atoms with Gasteiger partial charge in [-0.05, 0) is 6.42 Å². The number of nitrogens with one attached hydrogen (secondary N) is 1.